The fourth-order valence-corrected chi connectivity index (χ4v) is 1.53. The SMILES string of the molecule is CSCC[C@H](N)C1(O)COC1. The van der Waals surface area contributed by atoms with E-state index in [-0.39, 0.29) is 6.04 Å². The summed E-state index contributed by atoms with van der Waals surface area (Å²) < 4.78 is 4.90. The number of hydrogen-bond donors (Lipinski definition) is 2. The van der Waals surface area contributed by atoms with Crippen molar-refractivity contribution in [3.63, 3.8) is 0 Å². The lowest BCUT2D eigenvalue weighted by Gasteiger charge is -2.40. The molecule has 1 aliphatic rings. The first-order chi connectivity index (χ1) is 5.19. The van der Waals surface area contributed by atoms with E-state index in [4.69, 9.17) is 10.5 Å². The number of nitrogens with two attached hydrogens (primary N) is 1. The zero-order valence-electron chi connectivity index (χ0n) is 6.75. The Labute approximate surface area is 71.3 Å². The minimum atomic E-state index is -0.726. The maximum absolute atomic E-state index is 9.65. The minimum absolute atomic E-state index is 0.122. The fraction of sp³-hybridized carbons (Fsp3) is 1.00. The van der Waals surface area contributed by atoms with Crippen LogP contribution in [0, 0.1) is 0 Å². The molecular formula is C7H15NO2S. The number of thioether (sulfide) groups is 1. The topological polar surface area (TPSA) is 55.5 Å². The van der Waals surface area contributed by atoms with Crippen LogP contribution < -0.4 is 5.73 Å². The van der Waals surface area contributed by atoms with Gasteiger partial charge in [0, 0.05) is 6.04 Å². The van der Waals surface area contributed by atoms with E-state index >= 15 is 0 Å². The van der Waals surface area contributed by atoms with Crippen LogP contribution in [-0.4, -0.2) is 42.0 Å². The predicted molar refractivity (Wildman–Crippen MR) is 46.7 cm³/mol. The summed E-state index contributed by atoms with van der Waals surface area (Å²) in [6.45, 7) is 0.811. The Balaban J connectivity index is 2.22. The molecular weight excluding hydrogens is 162 g/mol. The van der Waals surface area contributed by atoms with Crippen molar-refractivity contribution in [3.8, 4) is 0 Å². The van der Waals surface area contributed by atoms with E-state index in [1.54, 1.807) is 11.8 Å². The Morgan fingerprint density at radius 2 is 2.36 bits per heavy atom. The van der Waals surface area contributed by atoms with Crippen LogP contribution in [-0.2, 0) is 4.74 Å². The minimum Gasteiger partial charge on any atom is -0.383 e. The van der Waals surface area contributed by atoms with Gasteiger partial charge < -0.3 is 15.6 Å². The molecule has 0 aliphatic carbocycles. The summed E-state index contributed by atoms with van der Waals surface area (Å²) in [6, 6.07) is -0.122. The second-order valence-corrected chi connectivity index (χ2v) is 3.97. The van der Waals surface area contributed by atoms with Crippen LogP contribution in [0.5, 0.6) is 0 Å². The molecule has 0 aromatic heterocycles. The van der Waals surface area contributed by atoms with Crippen molar-refractivity contribution in [2.75, 3.05) is 25.2 Å². The van der Waals surface area contributed by atoms with E-state index in [0.29, 0.717) is 13.2 Å². The summed E-state index contributed by atoms with van der Waals surface area (Å²) in [5.74, 6) is 1.00. The van der Waals surface area contributed by atoms with Crippen LogP contribution in [0.4, 0.5) is 0 Å². The second kappa shape index (κ2) is 3.76. The van der Waals surface area contributed by atoms with Crippen LogP contribution >= 0.6 is 11.8 Å². The summed E-state index contributed by atoms with van der Waals surface area (Å²) in [6.07, 6.45) is 2.90. The normalized spacial score (nSPS) is 24.3. The van der Waals surface area contributed by atoms with E-state index in [1.807, 2.05) is 6.26 Å². The lowest BCUT2D eigenvalue weighted by molar-refractivity contribution is -0.189. The largest absolute Gasteiger partial charge is 0.383 e. The number of rotatable bonds is 4. The van der Waals surface area contributed by atoms with Crippen molar-refractivity contribution in [1.29, 1.82) is 0 Å². The molecule has 66 valence electrons. The third-order valence-electron chi connectivity index (χ3n) is 2.03. The lowest BCUT2D eigenvalue weighted by atomic mass is 9.91. The molecule has 0 aromatic carbocycles. The number of hydrogen-bond acceptors (Lipinski definition) is 4. The Morgan fingerprint density at radius 3 is 2.73 bits per heavy atom. The van der Waals surface area contributed by atoms with Crippen molar-refractivity contribution in [2.45, 2.75) is 18.1 Å². The quantitative estimate of drug-likeness (QED) is 0.626. The summed E-state index contributed by atoms with van der Waals surface area (Å²) in [5.41, 5.74) is 5.03. The monoisotopic (exact) mass is 177 g/mol. The average Bonchev–Trinajstić information content (AvgIpc) is 1.95. The van der Waals surface area contributed by atoms with Gasteiger partial charge in [0.05, 0.1) is 13.2 Å². The lowest BCUT2D eigenvalue weighted by Crippen LogP contribution is -2.61. The van der Waals surface area contributed by atoms with E-state index in [9.17, 15) is 5.11 Å². The van der Waals surface area contributed by atoms with Gasteiger partial charge in [0.1, 0.15) is 5.60 Å². The molecule has 1 aliphatic heterocycles. The molecule has 0 bridgehead atoms. The summed E-state index contributed by atoms with van der Waals surface area (Å²) in [4.78, 5) is 0. The molecule has 0 aromatic rings. The van der Waals surface area contributed by atoms with Gasteiger partial charge in [-0.05, 0) is 18.4 Å². The summed E-state index contributed by atoms with van der Waals surface area (Å²) in [7, 11) is 0. The number of ether oxygens (including phenoxy) is 1. The van der Waals surface area contributed by atoms with Gasteiger partial charge in [0.2, 0.25) is 0 Å². The Morgan fingerprint density at radius 1 is 1.73 bits per heavy atom. The van der Waals surface area contributed by atoms with Crippen molar-refractivity contribution in [2.24, 2.45) is 5.73 Å². The summed E-state index contributed by atoms with van der Waals surface area (Å²) >= 11 is 1.75. The zero-order chi connectivity index (χ0) is 8.32. The molecule has 3 N–H and O–H groups in total. The van der Waals surface area contributed by atoms with E-state index in [1.165, 1.54) is 0 Å². The average molecular weight is 177 g/mol. The van der Waals surface area contributed by atoms with Gasteiger partial charge in [0.15, 0.2) is 0 Å². The van der Waals surface area contributed by atoms with Crippen LogP contribution in [0.3, 0.4) is 0 Å². The van der Waals surface area contributed by atoms with Gasteiger partial charge in [-0.2, -0.15) is 11.8 Å². The van der Waals surface area contributed by atoms with Crippen LogP contribution in [0.1, 0.15) is 6.42 Å². The summed E-state index contributed by atoms with van der Waals surface area (Å²) in [5, 5.41) is 9.65. The van der Waals surface area contributed by atoms with Crippen LogP contribution in [0.15, 0.2) is 0 Å². The predicted octanol–water partition coefficient (Wildman–Crippen LogP) is -0.172. The highest BCUT2D eigenvalue weighted by atomic mass is 32.2. The fourth-order valence-electron chi connectivity index (χ4n) is 1.04. The van der Waals surface area contributed by atoms with Gasteiger partial charge >= 0.3 is 0 Å². The molecule has 0 amide bonds. The Bertz CT molecular complexity index is 128. The zero-order valence-corrected chi connectivity index (χ0v) is 7.56. The van der Waals surface area contributed by atoms with Gasteiger partial charge in [-0.1, -0.05) is 0 Å². The molecule has 0 saturated carbocycles. The molecule has 4 heteroatoms. The molecule has 0 unspecified atom stereocenters. The first kappa shape index (κ1) is 9.32. The van der Waals surface area contributed by atoms with Crippen LogP contribution in [0.2, 0.25) is 0 Å². The molecule has 1 atom stereocenters. The molecule has 11 heavy (non-hydrogen) atoms. The van der Waals surface area contributed by atoms with Crippen molar-refractivity contribution in [1.82, 2.24) is 0 Å². The highest BCUT2D eigenvalue weighted by molar-refractivity contribution is 7.98. The van der Waals surface area contributed by atoms with E-state index in [2.05, 4.69) is 0 Å². The molecule has 1 fully saturated rings. The maximum Gasteiger partial charge on any atom is 0.126 e. The van der Waals surface area contributed by atoms with Gasteiger partial charge in [-0.25, -0.2) is 0 Å². The molecule has 3 nitrogen and oxygen atoms in total. The first-order valence-electron chi connectivity index (χ1n) is 3.74. The Kier molecular flexibility index (Phi) is 3.18. The van der Waals surface area contributed by atoms with Gasteiger partial charge in [-0.3, -0.25) is 0 Å². The van der Waals surface area contributed by atoms with Gasteiger partial charge in [0.25, 0.3) is 0 Å². The molecule has 1 rings (SSSR count). The number of aliphatic hydroxyl groups is 1. The third-order valence-corrected chi connectivity index (χ3v) is 2.67. The third kappa shape index (κ3) is 2.08. The van der Waals surface area contributed by atoms with Crippen molar-refractivity contribution in [3.05, 3.63) is 0 Å². The smallest absolute Gasteiger partial charge is 0.126 e. The van der Waals surface area contributed by atoms with Crippen molar-refractivity contribution >= 4 is 11.8 Å². The van der Waals surface area contributed by atoms with Crippen LogP contribution in [0.25, 0.3) is 0 Å². The Hall–Kier alpha value is 0.230. The second-order valence-electron chi connectivity index (χ2n) is 2.98. The highest BCUT2D eigenvalue weighted by Crippen LogP contribution is 2.22. The molecule has 1 saturated heterocycles. The van der Waals surface area contributed by atoms with Crippen molar-refractivity contribution < 1.29 is 9.84 Å². The van der Waals surface area contributed by atoms with Gasteiger partial charge in [-0.15, -0.1) is 0 Å². The highest BCUT2D eigenvalue weighted by Gasteiger charge is 2.41. The molecule has 0 radical (unpaired) electrons. The maximum atomic E-state index is 9.65. The first-order valence-corrected chi connectivity index (χ1v) is 5.13. The standard InChI is InChI=1S/C7H15NO2S/c1-11-3-2-6(8)7(9)4-10-5-7/h6,9H,2-5,8H2,1H3/t6-/m0/s1. The molecule has 0 spiro atoms. The van der Waals surface area contributed by atoms with E-state index in [0.717, 1.165) is 12.2 Å². The molecule has 1 heterocycles. The van der Waals surface area contributed by atoms with E-state index < -0.39 is 5.60 Å².